The molecule has 2 rings (SSSR count). The van der Waals surface area contributed by atoms with Gasteiger partial charge < -0.3 is 48.5 Å². The first-order valence-electron chi connectivity index (χ1n) is 17.2. The van der Waals surface area contributed by atoms with Crippen molar-refractivity contribution in [1.82, 2.24) is 26.2 Å². The van der Waals surface area contributed by atoms with Crippen LogP contribution in [0, 0.1) is 11.8 Å². The van der Waals surface area contributed by atoms with E-state index < -0.39 is 65.7 Å². The minimum atomic E-state index is -1.15. The van der Waals surface area contributed by atoms with Gasteiger partial charge in [-0.1, -0.05) is 52.7 Å². The number of aromatic hydroxyl groups is 1. The summed E-state index contributed by atoms with van der Waals surface area (Å²) < 4.78 is 0. The fourth-order valence-corrected chi connectivity index (χ4v) is 5.75. The SMILES string of the molecule is CC[C@H](C)[C@H](NC(=O)[C@H](Cc1ccc(O)cc1)NC(C)=O)C(=O)N[C@@H](CCCN=C(N)N)C(=O)N[C@H](C(=O)N1CCC[C@H]1C(N)=O)[C@@H](C)CC. The number of nitrogens with one attached hydrogen (secondary N) is 4. The average Bonchev–Trinajstić information content (AvgIpc) is 3.57. The molecule has 11 N–H and O–H groups in total. The second kappa shape index (κ2) is 19.9. The average molecular weight is 702 g/mol. The van der Waals surface area contributed by atoms with Gasteiger partial charge in [0.2, 0.25) is 35.4 Å². The molecule has 50 heavy (non-hydrogen) atoms. The summed E-state index contributed by atoms with van der Waals surface area (Å²) in [5.74, 6) is -4.16. The van der Waals surface area contributed by atoms with Gasteiger partial charge in [-0.05, 0) is 55.2 Å². The number of hydrogen-bond acceptors (Lipinski definition) is 8. The molecule has 1 fully saturated rings. The van der Waals surface area contributed by atoms with E-state index in [1.807, 2.05) is 20.8 Å². The van der Waals surface area contributed by atoms with E-state index in [-0.39, 0.29) is 42.9 Å². The first-order valence-corrected chi connectivity index (χ1v) is 17.2. The molecule has 16 heteroatoms. The number of benzene rings is 1. The lowest BCUT2D eigenvalue weighted by Gasteiger charge is -2.32. The van der Waals surface area contributed by atoms with Crippen LogP contribution >= 0.6 is 0 Å². The summed E-state index contributed by atoms with van der Waals surface area (Å²) in [5, 5.41) is 20.6. The maximum absolute atomic E-state index is 13.9. The molecule has 0 aliphatic carbocycles. The van der Waals surface area contributed by atoms with Gasteiger partial charge in [0.05, 0.1) is 0 Å². The van der Waals surface area contributed by atoms with Gasteiger partial charge in [-0.2, -0.15) is 0 Å². The molecule has 278 valence electrons. The molecule has 1 aliphatic rings. The van der Waals surface area contributed by atoms with Crippen LogP contribution in [0.3, 0.4) is 0 Å². The fraction of sp³-hybridized carbons (Fsp3) is 0.618. The first kappa shape index (κ1) is 41.3. The third kappa shape index (κ3) is 12.5. The van der Waals surface area contributed by atoms with Crippen LogP contribution in [0.15, 0.2) is 29.3 Å². The molecule has 1 saturated heterocycles. The normalized spacial score (nSPS) is 17.6. The smallest absolute Gasteiger partial charge is 0.246 e. The van der Waals surface area contributed by atoms with E-state index in [1.54, 1.807) is 19.1 Å². The number of carbonyl (C=O) groups is 6. The van der Waals surface area contributed by atoms with Gasteiger partial charge in [-0.15, -0.1) is 0 Å². The van der Waals surface area contributed by atoms with Crippen molar-refractivity contribution in [1.29, 1.82) is 0 Å². The molecule has 7 atom stereocenters. The number of nitrogens with zero attached hydrogens (tertiary/aromatic N) is 2. The number of nitrogens with two attached hydrogens (primary N) is 3. The summed E-state index contributed by atoms with van der Waals surface area (Å²) in [6.07, 6.45) is 2.55. The summed E-state index contributed by atoms with van der Waals surface area (Å²) in [6.45, 7) is 9.07. The van der Waals surface area contributed by atoms with Gasteiger partial charge in [0.15, 0.2) is 5.96 Å². The van der Waals surface area contributed by atoms with Crippen molar-refractivity contribution in [2.45, 2.75) is 110 Å². The summed E-state index contributed by atoms with van der Waals surface area (Å²) >= 11 is 0. The number of phenolic OH excluding ortho intramolecular Hbond substituents is 1. The molecule has 0 unspecified atom stereocenters. The van der Waals surface area contributed by atoms with E-state index in [1.165, 1.54) is 24.0 Å². The van der Waals surface area contributed by atoms with Crippen LogP contribution in [0.2, 0.25) is 0 Å². The number of hydrogen-bond donors (Lipinski definition) is 8. The number of primary amides is 1. The number of carbonyl (C=O) groups excluding carboxylic acids is 6. The molecule has 16 nitrogen and oxygen atoms in total. The first-order chi connectivity index (χ1) is 23.6. The van der Waals surface area contributed by atoms with Crippen LogP contribution in [-0.2, 0) is 35.2 Å². The Morgan fingerprint density at radius 1 is 0.860 bits per heavy atom. The number of phenols is 1. The molecular formula is C34H55N9O7. The minimum Gasteiger partial charge on any atom is -0.508 e. The van der Waals surface area contributed by atoms with Crippen LogP contribution < -0.4 is 38.5 Å². The largest absolute Gasteiger partial charge is 0.508 e. The second-order valence-corrected chi connectivity index (χ2v) is 13.0. The van der Waals surface area contributed by atoms with Crippen LogP contribution in [0.25, 0.3) is 0 Å². The fourth-order valence-electron chi connectivity index (χ4n) is 5.75. The van der Waals surface area contributed by atoms with Crippen LogP contribution in [-0.4, -0.2) is 94.7 Å². The lowest BCUT2D eigenvalue weighted by molar-refractivity contribution is -0.142. The highest BCUT2D eigenvalue weighted by atomic mass is 16.3. The van der Waals surface area contributed by atoms with E-state index in [0.29, 0.717) is 44.2 Å². The van der Waals surface area contributed by atoms with Gasteiger partial charge >= 0.3 is 0 Å². The van der Waals surface area contributed by atoms with Gasteiger partial charge in [0.25, 0.3) is 0 Å². The maximum Gasteiger partial charge on any atom is 0.246 e. The lowest BCUT2D eigenvalue weighted by atomic mass is 9.95. The Hall–Kier alpha value is -4.89. The predicted molar refractivity (Wildman–Crippen MR) is 188 cm³/mol. The van der Waals surface area contributed by atoms with Crippen LogP contribution in [0.5, 0.6) is 5.75 Å². The zero-order chi connectivity index (χ0) is 37.5. The zero-order valence-corrected chi connectivity index (χ0v) is 29.7. The molecule has 0 saturated carbocycles. The molecule has 0 spiro atoms. The lowest BCUT2D eigenvalue weighted by Crippen LogP contribution is -2.61. The van der Waals surface area contributed by atoms with Crippen molar-refractivity contribution in [2.75, 3.05) is 13.1 Å². The van der Waals surface area contributed by atoms with Gasteiger partial charge in [0.1, 0.15) is 36.0 Å². The summed E-state index contributed by atoms with van der Waals surface area (Å²) in [6, 6.07) is 1.14. The highest BCUT2D eigenvalue weighted by Gasteiger charge is 2.39. The number of aliphatic imine (C=N–C) groups is 1. The van der Waals surface area contributed by atoms with E-state index in [4.69, 9.17) is 17.2 Å². The van der Waals surface area contributed by atoms with Crippen molar-refractivity contribution in [3.8, 4) is 5.75 Å². The molecule has 1 aliphatic heterocycles. The Labute approximate surface area is 293 Å². The molecule has 1 aromatic carbocycles. The molecule has 0 aromatic heterocycles. The highest BCUT2D eigenvalue weighted by Crippen LogP contribution is 2.21. The Kier molecular flexibility index (Phi) is 16.5. The summed E-state index contributed by atoms with van der Waals surface area (Å²) in [5.41, 5.74) is 17.1. The maximum atomic E-state index is 13.9. The van der Waals surface area contributed by atoms with Crippen molar-refractivity contribution in [2.24, 2.45) is 34.0 Å². The number of guanidine groups is 1. The monoisotopic (exact) mass is 701 g/mol. The van der Waals surface area contributed by atoms with Crippen LogP contribution in [0.1, 0.15) is 78.7 Å². The number of amides is 6. The van der Waals surface area contributed by atoms with Crippen molar-refractivity contribution >= 4 is 41.4 Å². The van der Waals surface area contributed by atoms with E-state index >= 15 is 0 Å². The van der Waals surface area contributed by atoms with Gasteiger partial charge in [0, 0.05) is 26.4 Å². The predicted octanol–water partition coefficient (Wildman–Crippen LogP) is -0.484. The second-order valence-electron chi connectivity index (χ2n) is 13.0. The third-order valence-electron chi connectivity index (χ3n) is 9.08. The Morgan fingerprint density at radius 3 is 2.00 bits per heavy atom. The number of likely N-dealkylation sites (tertiary alicyclic amines) is 1. The summed E-state index contributed by atoms with van der Waals surface area (Å²) in [4.78, 5) is 84.5. The van der Waals surface area contributed by atoms with E-state index in [2.05, 4.69) is 26.3 Å². The Bertz CT molecular complexity index is 1370. The molecule has 0 bridgehead atoms. The van der Waals surface area contributed by atoms with Gasteiger partial charge in [-0.3, -0.25) is 33.8 Å². The topological polar surface area (TPSA) is 264 Å². The molecule has 0 radical (unpaired) electrons. The van der Waals surface area contributed by atoms with Crippen molar-refractivity contribution in [3.63, 3.8) is 0 Å². The van der Waals surface area contributed by atoms with Crippen molar-refractivity contribution in [3.05, 3.63) is 29.8 Å². The van der Waals surface area contributed by atoms with E-state index in [9.17, 15) is 33.9 Å². The minimum absolute atomic E-state index is 0.0467. The number of rotatable bonds is 19. The van der Waals surface area contributed by atoms with Gasteiger partial charge in [-0.25, -0.2) is 0 Å². The van der Waals surface area contributed by atoms with Crippen LogP contribution in [0.4, 0.5) is 0 Å². The summed E-state index contributed by atoms with van der Waals surface area (Å²) in [7, 11) is 0. The zero-order valence-electron chi connectivity index (χ0n) is 29.7. The Balaban J connectivity index is 2.34. The molecular weight excluding hydrogens is 646 g/mol. The van der Waals surface area contributed by atoms with E-state index in [0.717, 1.165) is 0 Å². The highest BCUT2D eigenvalue weighted by molar-refractivity contribution is 5.96. The molecule has 6 amide bonds. The molecule has 1 aromatic rings. The third-order valence-corrected chi connectivity index (χ3v) is 9.08. The van der Waals surface area contributed by atoms with Crippen molar-refractivity contribution < 1.29 is 33.9 Å². The quantitative estimate of drug-likeness (QED) is 0.0525. The molecule has 1 heterocycles. The standard InChI is InChI=1S/C34H55N9O7/c1-6-19(3)27(41-31(48)25(39-21(5)44)18-22-12-14-23(45)15-13-22)32(49)40-24(10-8-16-38-34(36)37)30(47)42-28(20(4)7-2)33(50)43-17-9-11-26(43)29(35)46/h12-15,19-20,24-28,45H,6-11,16-18H2,1-5H3,(H2,35,46)(H,39,44)(H,40,49)(H,41,48)(H,42,47)(H4,36,37,38)/t19-,20-,24-,25-,26-,27-,28-/m0/s1. The Morgan fingerprint density at radius 2 is 1.44 bits per heavy atom.